The Hall–Kier alpha value is -3.46. The summed E-state index contributed by atoms with van der Waals surface area (Å²) in [4.78, 5) is 0. The molecule has 0 aliphatic heterocycles. The molecule has 0 bridgehead atoms. The monoisotopic (exact) mass is 588 g/mol. The molecular formula is C34H22Br2. The van der Waals surface area contributed by atoms with Gasteiger partial charge >= 0.3 is 0 Å². The zero-order valence-corrected chi connectivity index (χ0v) is 22.6. The van der Waals surface area contributed by atoms with Gasteiger partial charge in [0.05, 0.1) is 0 Å². The van der Waals surface area contributed by atoms with Gasteiger partial charge in [-0.3, -0.25) is 0 Å². The van der Waals surface area contributed by atoms with Gasteiger partial charge in [0, 0.05) is 8.95 Å². The molecule has 0 amide bonds. The maximum atomic E-state index is 3.64. The molecule has 0 aliphatic rings. The van der Waals surface area contributed by atoms with E-state index in [1.165, 1.54) is 55.3 Å². The molecule has 0 heterocycles. The summed E-state index contributed by atoms with van der Waals surface area (Å²) in [7, 11) is 0. The van der Waals surface area contributed by atoms with Crippen molar-refractivity contribution < 1.29 is 0 Å². The lowest BCUT2D eigenvalue weighted by molar-refractivity contribution is 1.55. The molecule has 172 valence electrons. The number of hydrogen-bond acceptors (Lipinski definition) is 0. The first kappa shape index (κ1) is 23.0. The van der Waals surface area contributed by atoms with Gasteiger partial charge in [0.2, 0.25) is 0 Å². The minimum Gasteiger partial charge on any atom is -0.0622 e. The molecule has 0 saturated carbocycles. The summed E-state index contributed by atoms with van der Waals surface area (Å²) in [5.74, 6) is 0. The fraction of sp³-hybridized carbons (Fsp3) is 0. The number of halogens is 2. The molecule has 0 radical (unpaired) electrons. The van der Waals surface area contributed by atoms with E-state index in [0.717, 1.165) is 8.95 Å². The van der Waals surface area contributed by atoms with Crippen molar-refractivity contribution in [2.24, 2.45) is 0 Å². The first-order valence-corrected chi connectivity index (χ1v) is 13.5. The molecule has 0 aromatic heterocycles. The predicted molar refractivity (Wildman–Crippen MR) is 161 cm³/mol. The molecule has 0 fully saturated rings. The standard InChI is InChI=1S/C34H22Br2/c35-27-19-15-25(16-20-27)33-31(23-9-3-1-4-10-23)29-13-7-8-14-30(29)32(24-11-5-2-6-12-24)34(33)26-17-21-28(36)22-18-26/h1-22H. The van der Waals surface area contributed by atoms with Crippen LogP contribution < -0.4 is 0 Å². The maximum Gasteiger partial charge on any atom is 0.0175 e. The largest absolute Gasteiger partial charge is 0.0622 e. The van der Waals surface area contributed by atoms with Crippen LogP contribution in [0.25, 0.3) is 55.3 Å². The van der Waals surface area contributed by atoms with E-state index in [1.54, 1.807) is 0 Å². The van der Waals surface area contributed by atoms with E-state index in [4.69, 9.17) is 0 Å². The third-order valence-corrected chi connectivity index (χ3v) is 7.66. The smallest absolute Gasteiger partial charge is 0.0175 e. The lowest BCUT2D eigenvalue weighted by atomic mass is 9.79. The van der Waals surface area contributed by atoms with E-state index in [0.29, 0.717) is 0 Å². The Bertz CT molecular complexity index is 1520. The van der Waals surface area contributed by atoms with Crippen LogP contribution in [-0.2, 0) is 0 Å². The van der Waals surface area contributed by atoms with Crippen molar-refractivity contribution in [2.45, 2.75) is 0 Å². The highest BCUT2D eigenvalue weighted by Crippen LogP contribution is 2.50. The first-order valence-electron chi connectivity index (χ1n) is 11.9. The second-order valence-electron chi connectivity index (χ2n) is 8.79. The highest BCUT2D eigenvalue weighted by molar-refractivity contribution is 9.10. The van der Waals surface area contributed by atoms with Crippen molar-refractivity contribution in [3.63, 3.8) is 0 Å². The molecule has 6 rings (SSSR count). The second kappa shape index (κ2) is 9.89. The quantitative estimate of drug-likeness (QED) is 0.192. The van der Waals surface area contributed by atoms with E-state index in [1.807, 2.05) is 0 Å². The van der Waals surface area contributed by atoms with Gasteiger partial charge in [-0.05, 0) is 79.5 Å². The Morgan fingerprint density at radius 3 is 0.944 bits per heavy atom. The Balaban J connectivity index is 1.88. The van der Waals surface area contributed by atoms with Crippen molar-refractivity contribution in [3.8, 4) is 44.5 Å². The Labute approximate surface area is 228 Å². The zero-order valence-electron chi connectivity index (χ0n) is 19.5. The lowest BCUT2D eigenvalue weighted by Crippen LogP contribution is -1.97. The molecule has 0 unspecified atom stereocenters. The molecular weight excluding hydrogens is 568 g/mol. The van der Waals surface area contributed by atoms with Gasteiger partial charge in [-0.1, -0.05) is 141 Å². The van der Waals surface area contributed by atoms with Crippen molar-refractivity contribution in [3.05, 3.63) is 142 Å². The number of benzene rings is 6. The number of hydrogen-bond donors (Lipinski definition) is 0. The topological polar surface area (TPSA) is 0 Å². The molecule has 6 aromatic carbocycles. The molecule has 36 heavy (non-hydrogen) atoms. The SMILES string of the molecule is Brc1ccc(-c2c(-c3ccc(Br)cc3)c(-c3ccccc3)c3ccccc3c2-c2ccccc2)cc1. The van der Waals surface area contributed by atoms with Gasteiger partial charge in [-0.2, -0.15) is 0 Å². The third-order valence-electron chi connectivity index (χ3n) is 6.61. The van der Waals surface area contributed by atoms with Crippen LogP contribution in [0.5, 0.6) is 0 Å². The minimum absolute atomic E-state index is 1.07. The summed E-state index contributed by atoms with van der Waals surface area (Å²) in [6, 6.07) is 47.8. The van der Waals surface area contributed by atoms with Gasteiger partial charge in [0.25, 0.3) is 0 Å². The van der Waals surface area contributed by atoms with Crippen LogP contribution in [0.2, 0.25) is 0 Å². The van der Waals surface area contributed by atoms with E-state index >= 15 is 0 Å². The first-order chi connectivity index (χ1) is 17.7. The molecule has 0 atom stereocenters. The lowest BCUT2D eigenvalue weighted by Gasteiger charge is -2.24. The summed E-state index contributed by atoms with van der Waals surface area (Å²) in [5, 5.41) is 2.50. The van der Waals surface area contributed by atoms with Crippen molar-refractivity contribution >= 4 is 42.6 Å². The van der Waals surface area contributed by atoms with Gasteiger partial charge in [-0.15, -0.1) is 0 Å². The average Bonchev–Trinajstić information content (AvgIpc) is 2.94. The van der Waals surface area contributed by atoms with E-state index in [2.05, 4.69) is 165 Å². The minimum atomic E-state index is 1.07. The van der Waals surface area contributed by atoms with Crippen LogP contribution in [0.1, 0.15) is 0 Å². The van der Waals surface area contributed by atoms with Gasteiger partial charge in [0.1, 0.15) is 0 Å². The van der Waals surface area contributed by atoms with Crippen LogP contribution in [0, 0.1) is 0 Å². The van der Waals surface area contributed by atoms with Crippen molar-refractivity contribution in [2.75, 3.05) is 0 Å². The molecule has 6 aromatic rings. The van der Waals surface area contributed by atoms with Gasteiger partial charge < -0.3 is 0 Å². The highest BCUT2D eigenvalue weighted by atomic mass is 79.9. The number of fused-ring (bicyclic) bond motifs is 1. The van der Waals surface area contributed by atoms with E-state index < -0.39 is 0 Å². The van der Waals surface area contributed by atoms with Gasteiger partial charge in [-0.25, -0.2) is 0 Å². The third kappa shape index (κ3) is 4.21. The molecule has 0 saturated heterocycles. The summed E-state index contributed by atoms with van der Waals surface area (Å²) >= 11 is 7.28. The zero-order chi connectivity index (χ0) is 24.5. The van der Waals surface area contributed by atoms with Gasteiger partial charge in [0.15, 0.2) is 0 Å². The van der Waals surface area contributed by atoms with Crippen LogP contribution in [0.4, 0.5) is 0 Å². The van der Waals surface area contributed by atoms with Crippen molar-refractivity contribution in [1.29, 1.82) is 0 Å². The summed E-state index contributed by atoms with van der Waals surface area (Å²) < 4.78 is 2.14. The Morgan fingerprint density at radius 1 is 0.278 bits per heavy atom. The second-order valence-corrected chi connectivity index (χ2v) is 10.6. The normalized spacial score (nSPS) is 11.1. The molecule has 0 aliphatic carbocycles. The summed E-state index contributed by atoms with van der Waals surface area (Å²) in [6.07, 6.45) is 0. The Kier molecular flexibility index (Phi) is 6.31. The Morgan fingerprint density at radius 2 is 0.583 bits per heavy atom. The molecule has 2 heteroatoms. The molecule has 0 nitrogen and oxygen atoms in total. The molecule has 0 N–H and O–H groups in total. The van der Waals surface area contributed by atoms with Crippen LogP contribution >= 0.6 is 31.9 Å². The molecule has 0 spiro atoms. The average molecular weight is 590 g/mol. The number of rotatable bonds is 4. The maximum absolute atomic E-state index is 3.64. The van der Waals surface area contributed by atoms with Crippen LogP contribution in [0.3, 0.4) is 0 Å². The van der Waals surface area contributed by atoms with E-state index in [-0.39, 0.29) is 0 Å². The predicted octanol–water partition coefficient (Wildman–Crippen LogP) is 11.0. The summed E-state index contributed by atoms with van der Waals surface area (Å²) in [6.45, 7) is 0. The van der Waals surface area contributed by atoms with Crippen molar-refractivity contribution in [1.82, 2.24) is 0 Å². The van der Waals surface area contributed by atoms with Crippen LogP contribution in [-0.4, -0.2) is 0 Å². The van der Waals surface area contributed by atoms with E-state index in [9.17, 15) is 0 Å². The van der Waals surface area contributed by atoms with Crippen LogP contribution in [0.15, 0.2) is 142 Å². The fourth-order valence-electron chi connectivity index (χ4n) is 5.06. The fourth-order valence-corrected chi connectivity index (χ4v) is 5.59. The summed E-state index contributed by atoms with van der Waals surface area (Å²) in [5.41, 5.74) is 9.81. The highest BCUT2D eigenvalue weighted by Gasteiger charge is 2.23.